The molecule has 0 aliphatic carbocycles. The van der Waals surface area contributed by atoms with Gasteiger partial charge in [0, 0.05) is 11.6 Å². The molecule has 1 aliphatic rings. The van der Waals surface area contributed by atoms with Crippen LogP contribution in [0.5, 0.6) is 0 Å². The Balaban J connectivity index is 2.16. The SMILES string of the molecule is CCC(NC(=O)c1cc(Cl)ccc1NOC)C1=NCCN1. The zero-order chi connectivity index (χ0) is 15.2. The van der Waals surface area contributed by atoms with Gasteiger partial charge in [-0.25, -0.2) is 0 Å². The minimum absolute atomic E-state index is 0.130. The van der Waals surface area contributed by atoms with Crippen molar-refractivity contribution in [3.8, 4) is 0 Å². The lowest BCUT2D eigenvalue weighted by atomic mass is 10.1. The summed E-state index contributed by atoms with van der Waals surface area (Å²) in [6.07, 6.45) is 0.755. The molecule has 1 aromatic rings. The van der Waals surface area contributed by atoms with E-state index in [4.69, 9.17) is 16.4 Å². The highest BCUT2D eigenvalue weighted by Crippen LogP contribution is 2.21. The third kappa shape index (κ3) is 3.86. The summed E-state index contributed by atoms with van der Waals surface area (Å²) < 4.78 is 0. The van der Waals surface area contributed by atoms with E-state index in [1.165, 1.54) is 7.11 Å². The Morgan fingerprint density at radius 2 is 2.38 bits per heavy atom. The summed E-state index contributed by atoms with van der Waals surface area (Å²) in [6.45, 7) is 3.56. The van der Waals surface area contributed by atoms with Gasteiger partial charge in [-0.05, 0) is 24.6 Å². The molecule has 6 nitrogen and oxygen atoms in total. The molecule has 0 saturated carbocycles. The normalized spacial score (nSPS) is 15.1. The summed E-state index contributed by atoms with van der Waals surface area (Å²) in [5, 5.41) is 6.64. The molecule has 2 rings (SSSR count). The summed E-state index contributed by atoms with van der Waals surface area (Å²) in [4.78, 5) is 21.7. The van der Waals surface area contributed by atoms with E-state index in [0.717, 1.165) is 25.3 Å². The second kappa shape index (κ2) is 7.28. The van der Waals surface area contributed by atoms with Crippen molar-refractivity contribution in [1.82, 2.24) is 10.6 Å². The van der Waals surface area contributed by atoms with E-state index in [1.807, 2.05) is 6.92 Å². The van der Waals surface area contributed by atoms with Crippen LogP contribution in [0.25, 0.3) is 0 Å². The Labute approximate surface area is 128 Å². The van der Waals surface area contributed by atoms with Crippen LogP contribution in [-0.2, 0) is 4.84 Å². The molecule has 0 saturated heterocycles. The van der Waals surface area contributed by atoms with Crippen LogP contribution in [0.3, 0.4) is 0 Å². The van der Waals surface area contributed by atoms with E-state index < -0.39 is 0 Å². The summed E-state index contributed by atoms with van der Waals surface area (Å²) >= 11 is 5.97. The summed E-state index contributed by atoms with van der Waals surface area (Å²) in [7, 11) is 1.49. The first kappa shape index (κ1) is 15.6. The third-order valence-corrected chi connectivity index (χ3v) is 3.42. The highest BCUT2D eigenvalue weighted by molar-refractivity contribution is 6.31. The van der Waals surface area contributed by atoms with Crippen LogP contribution in [0.15, 0.2) is 23.2 Å². The van der Waals surface area contributed by atoms with Crippen LogP contribution in [0.4, 0.5) is 5.69 Å². The molecule has 0 radical (unpaired) electrons. The fourth-order valence-electron chi connectivity index (χ4n) is 2.15. The monoisotopic (exact) mass is 310 g/mol. The number of halogens is 1. The van der Waals surface area contributed by atoms with Gasteiger partial charge in [0.2, 0.25) is 0 Å². The largest absolute Gasteiger partial charge is 0.370 e. The van der Waals surface area contributed by atoms with Crippen LogP contribution < -0.4 is 16.1 Å². The molecule has 1 atom stereocenters. The first-order valence-electron chi connectivity index (χ1n) is 6.83. The minimum atomic E-state index is -0.222. The Morgan fingerprint density at radius 3 is 3.00 bits per heavy atom. The average molecular weight is 311 g/mol. The second-order valence-electron chi connectivity index (χ2n) is 4.62. The van der Waals surface area contributed by atoms with Crippen molar-refractivity contribution >= 4 is 29.0 Å². The van der Waals surface area contributed by atoms with Crippen molar-refractivity contribution in [3.63, 3.8) is 0 Å². The van der Waals surface area contributed by atoms with Gasteiger partial charge in [-0.3, -0.25) is 20.1 Å². The van der Waals surface area contributed by atoms with Gasteiger partial charge in [0.15, 0.2) is 0 Å². The Hall–Kier alpha value is -1.79. The number of hydrogen-bond donors (Lipinski definition) is 3. The standard InChI is InChI=1S/C14H19ClN4O2/c1-3-11(13-16-6-7-17-13)18-14(20)10-8-9(15)4-5-12(10)19-21-2/h4-5,8,11,19H,3,6-7H2,1-2H3,(H,16,17)(H,18,20). The van der Waals surface area contributed by atoms with E-state index in [2.05, 4.69) is 21.1 Å². The van der Waals surface area contributed by atoms with Crippen LogP contribution >= 0.6 is 11.6 Å². The first-order chi connectivity index (χ1) is 10.2. The molecule has 1 aromatic carbocycles. The minimum Gasteiger partial charge on any atom is -0.370 e. The van der Waals surface area contributed by atoms with Gasteiger partial charge in [0.25, 0.3) is 5.91 Å². The predicted octanol–water partition coefficient (Wildman–Crippen LogP) is 1.82. The van der Waals surface area contributed by atoms with E-state index in [-0.39, 0.29) is 11.9 Å². The molecule has 7 heteroatoms. The number of benzene rings is 1. The Morgan fingerprint density at radius 1 is 1.57 bits per heavy atom. The molecular weight excluding hydrogens is 292 g/mol. The van der Waals surface area contributed by atoms with Crippen molar-refractivity contribution < 1.29 is 9.63 Å². The lowest BCUT2D eigenvalue weighted by molar-refractivity contribution is 0.0945. The molecular formula is C14H19ClN4O2. The van der Waals surface area contributed by atoms with Crippen molar-refractivity contribution in [2.24, 2.45) is 4.99 Å². The first-order valence-corrected chi connectivity index (χ1v) is 7.21. The van der Waals surface area contributed by atoms with Gasteiger partial charge >= 0.3 is 0 Å². The number of anilines is 1. The molecule has 0 bridgehead atoms. The van der Waals surface area contributed by atoms with Crippen LogP contribution in [0.1, 0.15) is 23.7 Å². The summed E-state index contributed by atoms with van der Waals surface area (Å²) in [5.41, 5.74) is 3.68. The number of carbonyl (C=O) groups is 1. The van der Waals surface area contributed by atoms with Gasteiger partial charge in [-0.15, -0.1) is 0 Å². The fourth-order valence-corrected chi connectivity index (χ4v) is 2.32. The molecule has 3 N–H and O–H groups in total. The van der Waals surface area contributed by atoms with Crippen molar-refractivity contribution in [2.45, 2.75) is 19.4 Å². The zero-order valence-corrected chi connectivity index (χ0v) is 12.8. The van der Waals surface area contributed by atoms with E-state index in [0.29, 0.717) is 16.3 Å². The fraction of sp³-hybridized carbons (Fsp3) is 0.429. The maximum atomic E-state index is 12.5. The van der Waals surface area contributed by atoms with Gasteiger partial charge in [0.1, 0.15) is 5.84 Å². The zero-order valence-electron chi connectivity index (χ0n) is 12.1. The van der Waals surface area contributed by atoms with Gasteiger partial charge in [-0.1, -0.05) is 18.5 Å². The molecule has 1 aliphatic heterocycles. The molecule has 0 fully saturated rings. The quantitative estimate of drug-likeness (QED) is 0.701. The maximum absolute atomic E-state index is 12.5. The number of hydrogen-bond acceptors (Lipinski definition) is 5. The second-order valence-corrected chi connectivity index (χ2v) is 5.06. The van der Waals surface area contributed by atoms with Crippen LogP contribution in [0, 0.1) is 0 Å². The van der Waals surface area contributed by atoms with Crippen LogP contribution in [-0.4, -0.2) is 38.0 Å². The maximum Gasteiger partial charge on any atom is 0.254 e. The molecule has 1 unspecified atom stereocenters. The van der Waals surface area contributed by atoms with Gasteiger partial charge in [-0.2, -0.15) is 0 Å². The molecule has 114 valence electrons. The summed E-state index contributed by atoms with van der Waals surface area (Å²) in [6, 6.07) is 4.87. The Bertz CT molecular complexity index is 548. The number of nitrogens with one attached hydrogen (secondary N) is 3. The van der Waals surface area contributed by atoms with E-state index >= 15 is 0 Å². The number of amidine groups is 1. The lowest BCUT2D eigenvalue weighted by Crippen LogP contribution is -2.45. The highest BCUT2D eigenvalue weighted by atomic mass is 35.5. The van der Waals surface area contributed by atoms with Gasteiger partial charge in [0.05, 0.1) is 30.9 Å². The molecule has 1 heterocycles. The average Bonchev–Trinajstić information content (AvgIpc) is 3.00. The predicted molar refractivity (Wildman–Crippen MR) is 83.9 cm³/mol. The van der Waals surface area contributed by atoms with E-state index in [9.17, 15) is 4.79 Å². The summed E-state index contributed by atoms with van der Waals surface area (Å²) in [5.74, 6) is 0.606. The van der Waals surface area contributed by atoms with Crippen molar-refractivity contribution in [1.29, 1.82) is 0 Å². The number of amides is 1. The number of aliphatic imine (C=N–C) groups is 1. The molecule has 0 aromatic heterocycles. The smallest absolute Gasteiger partial charge is 0.254 e. The van der Waals surface area contributed by atoms with Crippen LogP contribution in [0.2, 0.25) is 5.02 Å². The highest BCUT2D eigenvalue weighted by Gasteiger charge is 2.21. The van der Waals surface area contributed by atoms with Gasteiger partial charge < -0.3 is 10.6 Å². The number of nitrogens with zero attached hydrogens (tertiary/aromatic N) is 1. The molecule has 21 heavy (non-hydrogen) atoms. The molecule has 1 amide bonds. The third-order valence-electron chi connectivity index (χ3n) is 3.18. The number of rotatable bonds is 6. The van der Waals surface area contributed by atoms with Crippen molar-refractivity contribution in [2.75, 3.05) is 25.7 Å². The lowest BCUT2D eigenvalue weighted by Gasteiger charge is -2.19. The number of carbonyl (C=O) groups excluding carboxylic acids is 1. The topological polar surface area (TPSA) is 74.8 Å². The van der Waals surface area contributed by atoms with Crippen molar-refractivity contribution in [3.05, 3.63) is 28.8 Å². The Kier molecular flexibility index (Phi) is 5.41. The molecule has 0 spiro atoms. The van der Waals surface area contributed by atoms with E-state index in [1.54, 1.807) is 18.2 Å².